The highest BCUT2D eigenvalue weighted by Crippen LogP contribution is 2.28. The van der Waals surface area contributed by atoms with Crippen molar-refractivity contribution in [3.63, 3.8) is 0 Å². The van der Waals surface area contributed by atoms with E-state index in [0.717, 1.165) is 37.9 Å². The van der Waals surface area contributed by atoms with E-state index in [-0.39, 0.29) is 0 Å². The van der Waals surface area contributed by atoms with Crippen molar-refractivity contribution in [2.75, 3.05) is 20.1 Å². The molecule has 2 nitrogen and oxygen atoms in total. The first-order chi connectivity index (χ1) is 7.59. The van der Waals surface area contributed by atoms with Crippen LogP contribution in [0.3, 0.4) is 0 Å². The summed E-state index contributed by atoms with van der Waals surface area (Å²) in [6.45, 7) is 7.67. The number of piperidine rings is 1. The molecule has 1 fully saturated rings. The summed E-state index contributed by atoms with van der Waals surface area (Å²) in [7, 11) is 2.10. The van der Waals surface area contributed by atoms with Crippen molar-refractivity contribution in [1.82, 2.24) is 4.90 Å². The molecule has 0 bridgehead atoms. The van der Waals surface area contributed by atoms with E-state index in [9.17, 15) is 5.11 Å². The third-order valence-corrected chi connectivity index (χ3v) is 3.16. The lowest BCUT2D eigenvalue weighted by atomic mass is 9.85. The van der Waals surface area contributed by atoms with E-state index in [2.05, 4.69) is 24.6 Å². The minimum atomic E-state index is -0.527. The van der Waals surface area contributed by atoms with Crippen LogP contribution in [0.2, 0.25) is 0 Å². The predicted molar refractivity (Wildman–Crippen MR) is 69.4 cm³/mol. The number of nitrogens with zero attached hydrogens (tertiary/aromatic N) is 1. The van der Waals surface area contributed by atoms with Crippen LogP contribution < -0.4 is 0 Å². The predicted octanol–water partition coefficient (Wildman–Crippen LogP) is 2.52. The Bertz CT molecular complexity index is 283. The third-order valence-electron chi connectivity index (χ3n) is 3.16. The van der Waals surface area contributed by atoms with Gasteiger partial charge in [0.1, 0.15) is 0 Å². The van der Waals surface area contributed by atoms with Gasteiger partial charge in [0.15, 0.2) is 0 Å². The zero-order chi connectivity index (χ0) is 12.0. The van der Waals surface area contributed by atoms with Crippen LogP contribution in [0.1, 0.15) is 26.2 Å². The van der Waals surface area contributed by atoms with Crippen molar-refractivity contribution < 1.29 is 5.11 Å². The molecule has 1 heterocycles. The lowest BCUT2D eigenvalue weighted by Gasteiger charge is -2.36. The summed E-state index contributed by atoms with van der Waals surface area (Å²) >= 11 is 0. The molecule has 0 amide bonds. The minimum absolute atomic E-state index is 0.527. The van der Waals surface area contributed by atoms with Crippen molar-refractivity contribution >= 4 is 0 Å². The van der Waals surface area contributed by atoms with Gasteiger partial charge in [-0.1, -0.05) is 30.9 Å². The van der Waals surface area contributed by atoms with Gasteiger partial charge in [-0.05, 0) is 32.4 Å². The van der Waals surface area contributed by atoms with Gasteiger partial charge >= 0.3 is 0 Å². The molecular weight excluding hydrogens is 198 g/mol. The molecule has 1 N–H and O–H groups in total. The quantitative estimate of drug-likeness (QED) is 0.737. The molecule has 2 heteroatoms. The first-order valence-corrected chi connectivity index (χ1v) is 5.95. The van der Waals surface area contributed by atoms with E-state index < -0.39 is 5.60 Å². The van der Waals surface area contributed by atoms with E-state index in [1.165, 1.54) is 0 Å². The SMILES string of the molecule is C=C/C=C(\C=C/C)CC1(O)CCN(C)CC1. The zero-order valence-corrected chi connectivity index (χ0v) is 10.4. The van der Waals surface area contributed by atoms with Gasteiger partial charge in [-0.3, -0.25) is 0 Å². The van der Waals surface area contributed by atoms with Crippen molar-refractivity contribution in [1.29, 1.82) is 0 Å². The molecule has 0 spiro atoms. The maximum atomic E-state index is 10.5. The van der Waals surface area contributed by atoms with Gasteiger partial charge in [-0.25, -0.2) is 0 Å². The monoisotopic (exact) mass is 221 g/mol. The van der Waals surface area contributed by atoms with E-state index in [4.69, 9.17) is 0 Å². The Morgan fingerprint density at radius 3 is 2.56 bits per heavy atom. The van der Waals surface area contributed by atoms with Gasteiger partial charge in [-0.2, -0.15) is 0 Å². The number of rotatable bonds is 4. The Labute approximate surface area is 99.0 Å². The fourth-order valence-corrected chi connectivity index (χ4v) is 2.13. The Balaban J connectivity index is 2.63. The van der Waals surface area contributed by atoms with Gasteiger partial charge in [0.25, 0.3) is 0 Å². The third kappa shape index (κ3) is 3.95. The molecule has 16 heavy (non-hydrogen) atoms. The second-order valence-electron chi connectivity index (χ2n) is 4.68. The molecule has 0 saturated carbocycles. The molecule has 0 aromatic rings. The smallest absolute Gasteiger partial charge is 0.0712 e. The van der Waals surface area contributed by atoms with Gasteiger partial charge in [0.05, 0.1) is 5.60 Å². The Morgan fingerprint density at radius 1 is 1.44 bits per heavy atom. The maximum absolute atomic E-state index is 10.5. The van der Waals surface area contributed by atoms with Gasteiger partial charge in [-0.15, -0.1) is 0 Å². The molecule has 1 aliphatic heterocycles. The van der Waals surface area contributed by atoms with Crippen molar-refractivity contribution in [2.24, 2.45) is 0 Å². The van der Waals surface area contributed by atoms with Gasteiger partial charge in [0.2, 0.25) is 0 Å². The number of hydrogen-bond acceptors (Lipinski definition) is 2. The van der Waals surface area contributed by atoms with Gasteiger partial charge < -0.3 is 10.0 Å². The van der Waals surface area contributed by atoms with Crippen LogP contribution in [0.25, 0.3) is 0 Å². The summed E-state index contributed by atoms with van der Waals surface area (Å²) in [6, 6.07) is 0. The Morgan fingerprint density at radius 2 is 2.06 bits per heavy atom. The first-order valence-electron chi connectivity index (χ1n) is 5.95. The van der Waals surface area contributed by atoms with E-state index in [1.54, 1.807) is 6.08 Å². The standard InChI is InChI=1S/C14H23NO/c1-4-6-13(7-5-2)12-14(16)8-10-15(3)11-9-14/h4-7,16H,1,8-12H2,2-3H3/b7-5-,13-6+. The second-order valence-corrected chi connectivity index (χ2v) is 4.68. The highest BCUT2D eigenvalue weighted by atomic mass is 16.3. The van der Waals surface area contributed by atoms with Crippen LogP contribution in [-0.4, -0.2) is 35.7 Å². The fourth-order valence-electron chi connectivity index (χ4n) is 2.13. The molecule has 0 aromatic carbocycles. The summed E-state index contributed by atoms with van der Waals surface area (Å²) < 4.78 is 0. The topological polar surface area (TPSA) is 23.5 Å². The second kappa shape index (κ2) is 6.02. The lowest BCUT2D eigenvalue weighted by molar-refractivity contribution is -0.0143. The molecule has 0 aromatic heterocycles. The van der Waals surface area contributed by atoms with Crippen LogP contribution in [0, 0.1) is 0 Å². The Kier molecular flexibility index (Phi) is 4.97. The zero-order valence-electron chi connectivity index (χ0n) is 10.4. The highest BCUT2D eigenvalue weighted by molar-refractivity contribution is 5.24. The van der Waals surface area contributed by atoms with Crippen molar-refractivity contribution in [2.45, 2.75) is 31.8 Å². The molecule has 0 aliphatic carbocycles. The number of likely N-dealkylation sites (tertiary alicyclic amines) is 1. The lowest BCUT2D eigenvalue weighted by Crippen LogP contribution is -2.42. The van der Waals surface area contributed by atoms with Gasteiger partial charge in [0, 0.05) is 19.5 Å². The van der Waals surface area contributed by atoms with Crippen LogP contribution in [0.15, 0.2) is 36.5 Å². The molecule has 1 saturated heterocycles. The van der Waals surface area contributed by atoms with E-state index >= 15 is 0 Å². The molecule has 0 unspecified atom stereocenters. The molecular formula is C14H23NO. The maximum Gasteiger partial charge on any atom is 0.0712 e. The molecule has 90 valence electrons. The minimum Gasteiger partial charge on any atom is -0.389 e. The summed E-state index contributed by atoms with van der Waals surface area (Å²) in [4.78, 5) is 2.26. The highest BCUT2D eigenvalue weighted by Gasteiger charge is 2.31. The normalized spacial score (nSPS) is 22.6. The van der Waals surface area contributed by atoms with Crippen molar-refractivity contribution in [3.05, 3.63) is 36.5 Å². The van der Waals surface area contributed by atoms with E-state index in [1.807, 2.05) is 19.1 Å². The Hall–Kier alpha value is -0.860. The number of allylic oxidation sites excluding steroid dienone is 4. The van der Waals surface area contributed by atoms with E-state index in [0.29, 0.717) is 0 Å². The fraction of sp³-hybridized carbons (Fsp3) is 0.571. The summed E-state index contributed by atoms with van der Waals surface area (Å²) in [5.74, 6) is 0. The van der Waals surface area contributed by atoms with Crippen LogP contribution in [0.5, 0.6) is 0 Å². The largest absolute Gasteiger partial charge is 0.389 e. The summed E-state index contributed by atoms with van der Waals surface area (Å²) in [5, 5.41) is 10.5. The van der Waals surface area contributed by atoms with Crippen molar-refractivity contribution in [3.8, 4) is 0 Å². The average Bonchev–Trinajstić information content (AvgIpc) is 2.24. The molecule has 0 atom stereocenters. The molecule has 0 radical (unpaired) electrons. The summed E-state index contributed by atoms with van der Waals surface area (Å²) in [5.41, 5.74) is 0.630. The number of hydrogen-bond donors (Lipinski definition) is 1. The average molecular weight is 221 g/mol. The number of aliphatic hydroxyl groups is 1. The van der Waals surface area contributed by atoms with Crippen LogP contribution in [-0.2, 0) is 0 Å². The van der Waals surface area contributed by atoms with Crippen LogP contribution in [0.4, 0.5) is 0 Å². The summed E-state index contributed by atoms with van der Waals surface area (Å²) in [6.07, 6.45) is 10.3. The molecule has 1 aliphatic rings. The first kappa shape index (κ1) is 13.2. The van der Waals surface area contributed by atoms with Crippen LogP contribution >= 0.6 is 0 Å². The molecule has 1 rings (SSSR count).